The van der Waals surface area contributed by atoms with Gasteiger partial charge in [-0.15, -0.1) is 0 Å². The Morgan fingerprint density at radius 1 is 1.28 bits per heavy atom. The van der Waals surface area contributed by atoms with Gasteiger partial charge in [-0.05, 0) is 25.0 Å². The molecule has 18 heavy (non-hydrogen) atoms. The topological polar surface area (TPSA) is 54.7 Å². The molecule has 4 heteroatoms. The number of imidazole rings is 1. The Morgan fingerprint density at radius 3 is 2.56 bits per heavy atom. The van der Waals surface area contributed by atoms with E-state index < -0.39 is 0 Å². The lowest BCUT2D eigenvalue weighted by atomic mass is 9.98. The van der Waals surface area contributed by atoms with Gasteiger partial charge in [0.05, 0.1) is 11.2 Å². The first-order valence-electron chi connectivity index (χ1n) is 6.60. The summed E-state index contributed by atoms with van der Waals surface area (Å²) in [5.41, 5.74) is 8.65. The van der Waals surface area contributed by atoms with Crippen LogP contribution in [-0.4, -0.2) is 9.97 Å². The van der Waals surface area contributed by atoms with Gasteiger partial charge in [0.25, 0.3) is 0 Å². The van der Waals surface area contributed by atoms with Crippen molar-refractivity contribution in [3.8, 4) is 0 Å². The summed E-state index contributed by atoms with van der Waals surface area (Å²) in [6, 6.07) is 3.94. The molecule has 2 aromatic rings. The molecule has 1 heterocycles. The fourth-order valence-electron chi connectivity index (χ4n) is 2.43. The van der Waals surface area contributed by atoms with Gasteiger partial charge in [-0.25, -0.2) is 4.98 Å². The number of aromatic nitrogens is 2. The van der Waals surface area contributed by atoms with Crippen LogP contribution < -0.4 is 5.73 Å². The zero-order valence-electron chi connectivity index (χ0n) is 11.0. The quantitative estimate of drug-likeness (QED) is 0.794. The Bertz CT molecular complexity index is 527. The van der Waals surface area contributed by atoms with Crippen LogP contribution in [-0.2, 0) is 0 Å². The molecule has 3 nitrogen and oxygen atoms in total. The Labute approximate surface area is 116 Å². The number of nitrogens with two attached hydrogens (primary N) is 1. The second kappa shape index (κ2) is 5.74. The minimum atomic E-state index is 0.519. The number of nitrogens with zero attached hydrogens (tertiary/aromatic N) is 1. The molecule has 0 aliphatic heterocycles. The Hall–Kier alpha value is -1.03. The number of nitrogen functional groups attached to an aromatic ring is 1. The number of anilines is 1. The summed E-state index contributed by atoms with van der Waals surface area (Å²) in [6.45, 7) is 4.44. The van der Waals surface area contributed by atoms with Crippen molar-refractivity contribution in [3.63, 3.8) is 0 Å². The summed E-state index contributed by atoms with van der Waals surface area (Å²) in [7, 11) is 0. The highest BCUT2D eigenvalue weighted by Crippen LogP contribution is 2.29. The van der Waals surface area contributed by atoms with E-state index in [1.54, 1.807) is 0 Å². The normalized spacial score (nSPS) is 11.6. The molecule has 0 fully saturated rings. The first-order valence-corrected chi connectivity index (χ1v) is 7.39. The second-order valence-electron chi connectivity index (χ2n) is 4.79. The minimum Gasteiger partial charge on any atom is -0.397 e. The zero-order valence-corrected chi connectivity index (χ0v) is 12.5. The maximum Gasteiger partial charge on any atom is 0.112 e. The molecule has 0 bridgehead atoms. The van der Waals surface area contributed by atoms with E-state index in [-0.39, 0.29) is 0 Å². The van der Waals surface area contributed by atoms with Crippen LogP contribution >= 0.6 is 15.9 Å². The van der Waals surface area contributed by atoms with Crippen molar-refractivity contribution in [1.29, 1.82) is 0 Å². The molecule has 0 radical (unpaired) electrons. The van der Waals surface area contributed by atoms with Gasteiger partial charge >= 0.3 is 0 Å². The monoisotopic (exact) mass is 309 g/mol. The highest BCUT2D eigenvalue weighted by molar-refractivity contribution is 9.10. The number of fused-ring (bicyclic) bond motifs is 1. The second-order valence-corrected chi connectivity index (χ2v) is 5.70. The van der Waals surface area contributed by atoms with Crippen molar-refractivity contribution >= 4 is 32.7 Å². The number of halogens is 1. The lowest BCUT2D eigenvalue weighted by Crippen LogP contribution is -2.00. The molecule has 0 spiro atoms. The maximum absolute atomic E-state index is 6.01. The summed E-state index contributed by atoms with van der Waals surface area (Å²) in [5.74, 6) is 1.60. The van der Waals surface area contributed by atoms with E-state index in [4.69, 9.17) is 5.73 Å². The van der Waals surface area contributed by atoms with E-state index in [0.29, 0.717) is 5.92 Å². The number of rotatable bonds is 5. The molecule has 0 amide bonds. The molecule has 2 rings (SSSR count). The fraction of sp³-hybridized carbons (Fsp3) is 0.500. The third-order valence-corrected chi connectivity index (χ3v) is 3.72. The molecule has 0 aliphatic carbocycles. The van der Waals surface area contributed by atoms with Gasteiger partial charge in [0.1, 0.15) is 11.3 Å². The molecule has 0 saturated carbocycles. The number of benzene rings is 1. The van der Waals surface area contributed by atoms with Crippen LogP contribution in [0.25, 0.3) is 11.0 Å². The highest BCUT2D eigenvalue weighted by Gasteiger charge is 2.15. The minimum absolute atomic E-state index is 0.519. The lowest BCUT2D eigenvalue weighted by molar-refractivity contribution is 0.539. The van der Waals surface area contributed by atoms with Gasteiger partial charge in [-0.3, -0.25) is 0 Å². The summed E-state index contributed by atoms with van der Waals surface area (Å²) < 4.78 is 0.991. The van der Waals surface area contributed by atoms with Crippen LogP contribution in [0.2, 0.25) is 0 Å². The predicted molar refractivity (Wildman–Crippen MR) is 80.8 cm³/mol. The predicted octanol–water partition coefficient (Wildman–Crippen LogP) is 4.59. The molecule has 0 aliphatic rings. The summed E-state index contributed by atoms with van der Waals surface area (Å²) in [6.07, 6.45) is 4.71. The fourth-order valence-corrected chi connectivity index (χ4v) is 2.91. The van der Waals surface area contributed by atoms with Gasteiger partial charge < -0.3 is 10.7 Å². The Kier molecular flexibility index (Phi) is 4.27. The standard InChI is InChI=1S/C14H20BrN3/c1-3-5-9(6-4-2)14-17-12-8-10(15)7-11(16)13(12)18-14/h7-9H,3-6,16H2,1-2H3,(H,17,18). The van der Waals surface area contributed by atoms with Crippen molar-refractivity contribution < 1.29 is 0 Å². The first kappa shape index (κ1) is 13.4. The summed E-state index contributed by atoms with van der Waals surface area (Å²) in [4.78, 5) is 8.12. The van der Waals surface area contributed by atoms with E-state index in [0.717, 1.165) is 27.0 Å². The van der Waals surface area contributed by atoms with Gasteiger partial charge in [-0.2, -0.15) is 0 Å². The first-order chi connectivity index (χ1) is 8.65. The largest absolute Gasteiger partial charge is 0.397 e. The van der Waals surface area contributed by atoms with E-state index in [2.05, 4.69) is 39.7 Å². The molecule has 0 atom stereocenters. The van der Waals surface area contributed by atoms with Gasteiger partial charge in [-0.1, -0.05) is 42.6 Å². The number of hydrogen-bond acceptors (Lipinski definition) is 2. The number of H-pyrrole nitrogens is 1. The van der Waals surface area contributed by atoms with Crippen molar-refractivity contribution in [2.45, 2.75) is 45.4 Å². The number of aromatic amines is 1. The molecular weight excluding hydrogens is 290 g/mol. The van der Waals surface area contributed by atoms with Crippen LogP contribution in [0.1, 0.15) is 51.3 Å². The average Bonchev–Trinajstić information content (AvgIpc) is 2.72. The van der Waals surface area contributed by atoms with Crippen LogP contribution in [0.15, 0.2) is 16.6 Å². The summed E-state index contributed by atoms with van der Waals surface area (Å²) in [5, 5.41) is 0. The molecule has 3 N–H and O–H groups in total. The van der Waals surface area contributed by atoms with Crippen LogP contribution in [0, 0.1) is 0 Å². The lowest BCUT2D eigenvalue weighted by Gasteiger charge is -2.11. The van der Waals surface area contributed by atoms with Crippen molar-refractivity contribution in [2.24, 2.45) is 0 Å². The van der Waals surface area contributed by atoms with Crippen molar-refractivity contribution in [2.75, 3.05) is 5.73 Å². The average molecular weight is 310 g/mol. The number of nitrogens with one attached hydrogen (secondary N) is 1. The van der Waals surface area contributed by atoms with E-state index in [1.807, 2.05) is 12.1 Å². The molecule has 1 aromatic heterocycles. The van der Waals surface area contributed by atoms with Crippen molar-refractivity contribution in [1.82, 2.24) is 9.97 Å². The van der Waals surface area contributed by atoms with Crippen LogP contribution in [0.3, 0.4) is 0 Å². The van der Waals surface area contributed by atoms with E-state index in [1.165, 1.54) is 25.7 Å². The SMILES string of the molecule is CCCC(CCC)c1nc2c(N)cc(Br)cc2[nH]1. The van der Waals surface area contributed by atoms with Crippen molar-refractivity contribution in [3.05, 3.63) is 22.4 Å². The van der Waals surface area contributed by atoms with Gasteiger partial charge in [0.15, 0.2) is 0 Å². The third-order valence-electron chi connectivity index (χ3n) is 3.26. The maximum atomic E-state index is 6.01. The molecule has 0 unspecified atom stereocenters. The van der Waals surface area contributed by atoms with Crippen LogP contribution in [0.4, 0.5) is 5.69 Å². The van der Waals surface area contributed by atoms with E-state index in [9.17, 15) is 0 Å². The van der Waals surface area contributed by atoms with Gasteiger partial charge in [0.2, 0.25) is 0 Å². The van der Waals surface area contributed by atoms with Crippen LogP contribution in [0.5, 0.6) is 0 Å². The smallest absolute Gasteiger partial charge is 0.112 e. The highest BCUT2D eigenvalue weighted by atomic mass is 79.9. The zero-order chi connectivity index (χ0) is 13.1. The number of hydrogen-bond donors (Lipinski definition) is 2. The molecule has 98 valence electrons. The van der Waals surface area contributed by atoms with Gasteiger partial charge in [0, 0.05) is 10.4 Å². The molecule has 1 aromatic carbocycles. The Balaban J connectivity index is 2.41. The third kappa shape index (κ3) is 2.69. The Morgan fingerprint density at radius 2 is 1.94 bits per heavy atom. The molecular formula is C14H20BrN3. The summed E-state index contributed by atoms with van der Waals surface area (Å²) >= 11 is 3.46. The molecule has 0 saturated heterocycles. The van der Waals surface area contributed by atoms with E-state index >= 15 is 0 Å².